The van der Waals surface area contributed by atoms with Crippen molar-refractivity contribution >= 4 is 11.9 Å². The van der Waals surface area contributed by atoms with E-state index in [0.717, 1.165) is 12.8 Å². The molecule has 20 heavy (non-hydrogen) atoms. The normalized spacial score (nSPS) is 12.9. The van der Waals surface area contributed by atoms with Crippen LogP contribution in [-0.4, -0.2) is 19.0 Å². The first-order valence-electron chi connectivity index (χ1n) is 6.64. The van der Waals surface area contributed by atoms with Gasteiger partial charge in [-0.3, -0.25) is 4.79 Å². The predicted octanol–water partition coefficient (Wildman–Crippen LogP) is 3.55. The van der Waals surface area contributed by atoms with Gasteiger partial charge in [-0.05, 0) is 44.8 Å². The quantitative estimate of drug-likeness (QED) is 0.235. The Kier molecular flexibility index (Phi) is 9.09. The predicted molar refractivity (Wildman–Crippen MR) is 78.8 cm³/mol. The number of carbonyl (C=O) groups is 2. The lowest BCUT2D eigenvalue weighted by Gasteiger charge is -2.07. The summed E-state index contributed by atoms with van der Waals surface area (Å²) >= 11 is 0. The molecular weight excluding hydrogens is 256 g/mol. The van der Waals surface area contributed by atoms with E-state index in [1.54, 1.807) is 0 Å². The zero-order valence-corrected chi connectivity index (χ0v) is 12.9. The van der Waals surface area contributed by atoms with E-state index in [2.05, 4.69) is 24.7 Å². The van der Waals surface area contributed by atoms with Crippen LogP contribution in [0.25, 0.3) is 0 Å². The number of esters is 2. The summed E-state index contributed by atoms with van der Waals surface area (Å²) in [6, 6.07) is 0. The molecule has 0 aliphatic rings. The first-order valence-corrected chi connectivity index (χ1v) is 6.64. The molecule has 0 heterocycles. The van der Waals surface area contributed by atoms with Gasteiger partial charge in [0.25, 0.3) is 0 Å². The topological polar surface area (TPSA) is 52.6 Å². The highest BCUT2D eigenvalue weighted by Gasteiger charge is 2.04. The molecule has 4 heteroatoms. The highest BCUT2D eigenvalue weighted by Crippen LogP contribution is 2.13. The summed E-state index contributed by atoms with van der Waals surface area (Å²) in [5.41, 5.74) is 1.28. The number of allylic oxidation sites excluding steroid dienone is 4. The maximum atomic E-state index is 11.1. The second-order valence-corrected chi connectivity index (χ2v) is 4.86. The average Bonchev–Trinajstić information content (AvgIpc) is 2.34. The van der Waals surface area contributed by atoms with Crippen LogP contribution in [0.2, 0.25) is 0 Å². The van der Waals surface area contributed by atoms with E-state index in [0.29, 0.717) is 5.76 Å². The van der Waals surface area contributed by atoms with Crippen molar-refractivity contribution in [1.29, 1.82) is 0 Å². The van der Waals surface area contributed by atoms with Gasteiger partial charge in [-0.25, -0.2) is 4.79 Å². The molecule has 0 bridgehead atoms. The fraction of sp³-hybridized carbons (Fsp3) is 0.500. The molecule has 0 N–H and O–H groups in total. The molecule has 0 radical (unpaired) electrons. The molecule has 0 aliphatic heterocycles. The number of methoxy groups -OCH3 is 1. The summed E-state index contributed by atoms with van der Waals surface area (Å²) in [7, 11) is 1.30. The molecule has 0 aliphatic carbocycles. The second-order valence-electron chi connectivity index (χ2n) is 4.86. The largest absolute Gasteiger partial charge is 0.466 e. The van der Waals surface area contributed by atoms with Gasteiger partial charge in [0.2, 0.25) is 0 Å². The van der Waals surface area contributed by atoms with Crippen molar-refractivity contribution in [2.75, 3.05) is 7.11 Å². The number of hydrogen-bond acceptors (Lipinski definition) is 4. The standard InChI is InChI=1S/C16H24O4/c1-12(2)7-6-8-13(3)11-15(20-14(4)17)9-10-16(18)19-5/h7,9-11,13H,6,8H2,1-5H3/b10-9+,15-11-. The lowest BCUT2D eigenvalue weighted by Crippen LogP contribution is -2.01. The lowest BCUT2D eigenvalue weighted by molar-refractivity contribution is -0.137. The third-order valence-corrected chi connectivity index (χ3v) is 2.47. The van der Waals surface area contributed by atoms with E-state index in [1.165, 1.54) is 31.8 Å². The first kappa shape index (κ1) is 18.2. The summed E-state index contributed by atoms with van der Waals surface area (Å²) in [6.45, 7) is 7.48. The Labute approximate surface area is 121 Å². The molecule has 0 fully saturated rings. The van der Waals surface area contributed by atoms with Crippen molar-refractivity contribution in [3.8, 4) is 0 Å². The average molecular weight is 280 g/mol. The molecule has 112 valence electrons. The van der Waals surface area contributed by atoms with Crippen LogP contribution in [0.3, 0.4) is 0 Å². The minimum absolute atomic E-state index is 0.238. The number of rotatable bonds is 7. The molecule has 1 unspecified atom stereocenters. The van der Waals surface area contributed by atoms with Crippen molar-refractivity contribution in [3.63, 3.8) is 0 Å². The Bertz CT molecular complexity index is 412. The van der Waals surface area contributed by atoms with Crippen molar-refractivity contribution < 1.29 is 19.1 Å². The molecule has 0 saturated heterocycles. The van der Waals surface area contributed by atoms with Gasteiger partial charge in [-0.2, -0.15) is 0 Å². The SMILES string of the molecule is COC(=O)/C=C/C(=C/C(C)CCC=C(C)C)OC(C)=O. The Morgan fingerprint density at radius 2 is 1.80 bits per heavy atom. The van der Waals surface area contributed by atoms with Crippen LogP contribution in [0.5, 0.6) is 0 Å². The van der Waals surface area contributed by atoms with Gasteiger partial charge in [0.1, 0.15) is 5.76 Å². The minimum Gasteiger partial charge on any atom is -0.466 e. The van der Waals surface area contributed by atoms with Crippen LogP contribution in [0.15, 0.2) is 35.6 Å². The maximum Gasteiger partial charge on any atom is 0.330 e. The molecule has 0 aromatic carbocycles. The maximum absolute atomic E-state index is 11.1. The summed E-state index contributed by atoms with van der Waals surface area (Å²) in [5, 5.41) is 0. The third-order valence-electron chi connectivity index (χ3n) is 2.47. The van der Waals surface area contributed by atoms with E-state index in [4.69, 9.17) is 4.74 Å². The zero-order chi connectivity index (χ0) is 15.5. The van der Waals surface area contributed by atoms with Crippen LogP contribution in [0.4, 0.5) is 0 Å². The number of hydrogen-bond donors (Lipinski definition) is 0. The van der Waals surface area contributed by atoms with E-state index in [1.807, 2.05) is 13.0 Å². The number of carbonyl (C=O) groups excluding carboxylic acids is 2. The van der Waals surface area contributed by atoms with Gasteiger partial charge in [0.05, 0.1) is 7.11 Å². The van der Waals surface area contributed by atoms with E-state index < -0.39 is 11.9 Å². The Morgan fingerprint density at radius 1 is 1.15 bits per heavy atom. The van der Waals surface area contributed by atoms with Crippen molar-refractivity contribution in [3.05, 3.63) is 35.6 Å². The van der Waals surface area contributed by atoms with Gasteiger partial charge in [0.15, 0.2) is 0 Å². The highest BCUT2D eigenvalue weighted by atomic mass is 16.5. The molecule has 4 nitrogen and oxygen atoms in total. The second kappa shape index (κ2) is 10.0. The van der Waals surface area contributed by atoms with Crippen molar-refractivity contribution in [1.82, 2.24) is 0 Å². The Morgan fingerprint density at radius 3 is 2.30 bits per heavy atom. The van der Waals surface area contributed by atoms with Gasteiger partial charge in [-0.15, -0.1) is 0 Å². The van der Waals surface area contributed by atoms with Gasteiger partial charge >= 0.3 is 11.9 Å². The fourth-order valence-corrected chi connectivity index (χ4v) is 1.51. The van der Waals surface area contributed by atoms with E-state index >= 15 is 0 Å². The summed E-state index contributed by atoms with van der Waals surface area (Å²) in [5.74, 6) is -0.294. The molecule has 0 rings (SSSR count). The van der Waals surface area contributed by atoms with E-state index in [9.17, 15) is 9.59 Å². The van der Waals surface area contributed by atoms with Crippen LogP contribution < -0.4 is 0 Å². The zero-order valence-electron chi connectivity index (χ0n) is 12.9. The van der Waals surface area contributed by atoms with Crippen LogP contribution in [0.1, 0.15) is 40.5 Å². The van der Waals surface area contributed by atoms with Crippen molar-refractivity contribution in [2.45, 2.75) is 40.5 Å². The monoisotopic (exact) mass is 280 g/mol. The molecule has 0 amide bonds. The molecule has 0 aromatic heterocycles. The van der Waals surface area contributed by atoms with Gasteiger partial charge in [-0.1, -0.05) is 18.6 Å². The Balaban J connectivity index is 4.70. The highest BCUT2D eigenvalue weighted by molar-refractivity contribution is 5.82. The fourth-order valence-electron chi connectivity index (χ4n) is 1.51. The van der Waals surface area contributed by atoms with Crippen molar-refractivity contribution in [2.24, 2.45) is 5.92 Å². The van der Waals surface area contributed by atoms with Gasteiger partial charge in [0, 0.05) is 13.0 Å². The summed E-state index contributed by atoms with van der Waals surface area (Å²) in [4.78, 5) is 22.1. The van der Waals surface area contributed by atoms with E-state index in [-0.39, 0.29) is 5.92 Å². The van der Waals surface area contributed by atoms with Crippen LogP contribution in [0, 0.1) is 5.92 Å². The minimum atomic E-state index is -0.486. The Hall–Kier alpha value is -1.84. The lowest BCUT2D eigenvalue weighted by atomic mass is 10.0. The van der Waals surface area contributed by atoms with Gasteiger partial charge < -0.3 is 9.47 Å². The third kappa shape index (κ3) is 10.1. The summed E-state index contributed by atoms with van der Waals surface area (Å²) in [6.07, 6.45) is 8.60. The van der Waals surface area contributed by atoms with Crippen LogP contribution >= 0.6 is 0 Å². The molecule has 0 aromatic rings. The molecule has 0 saturated carbocycles. The smallest absolute Gasteiger partial charge is 0.330 e. The number of ether oxygens (including phenoxy) is 2. The summed E-state index contributed by atoms with van der Waals surface area (Å²) < 4.78 is 9.56. The molecule has 1 atom stereocenters. The molecular formula is C16H24O4. The first-order chi connectivity index (χ1) is 9.35. The van der Waals surface area contributed by atoms with Crippen LogP contribution in [-0.2, 0) is 19.1 Å². The molecule has 0 spiro atoms.